The van der Waals surface area contributed by atoms with E-state index >= 15 is 0 Å². The third kappa shape index (κ3) is 4.05. The molecule has 0 bridgehead atoms. The Morgan fingerprint density at radius 1 is 1.16 bits per heavy atom. The maximum atomic E-state index is 11.6. The molecule has 7 heteroatoms. The van der Waals surface area contributed by atoms with Crippen molar-refractivity contribution in [1.29, 1.82) is 0 Å². The number of carboxylic acid groups (broad SMARTS) is 1. The summed E-state index contributed by atoms with van der Waals surface area (Å²) in [5.74, 6) is 0.281. The van der Waals surface area contributed by atoms with Crippen LogP contribution in [0.25, 0.3) is 16.7 Å². The molecular weight excluding hydrogens is 394 g/mol. The Labute approximate surface area is 181 Å². The number of fused-ring (bicyclic) bond motifs is 1. The average molecular weight is 421 g/mol. The Morgan fingerprint density at radius 3 is 2.55 bits per heavy atom. The number of carbonyl (C=O) groups excluding carboxylic acids is 1. The Bertz CT molecular complexity index is 1130. The molecule has 7 nitrogen and oxygen atoms in total. The molecule has 0 spiro atoms. The van der Waals surface area contributed by atoms with Gasteiger partial charge in [-0.3, -0.25) is 9.36 Å². The second kappa shape index (κ2) is 8.51. The van der Waals surface area contributed by atoms with Crippen molar-refractivity contribution in [3.8, 4) is 5.69 Å². The van der Waals surface area contributed by atoms with Crippen molar-refractivity contribution >= 4 is 22.9 Å². The third-order valence-corrected chi connectivity index (χ3v) is 6.18. The van der Waals surface area contributed by atoms with Gasteiger partial charge in [0, 0.05) is 32.8 Å². The number of aromatic carboxylic acids is 1. The van der Waals surface area contributed by atoms with E-state index in [9.17, 15) is 14.7 Å². The molecule has 1 atom stereocenters. The van der Waals surface area contributed by atoms with Gasteiger partial charge in [0.25, 0.3) is 0 Å². The molecule has 2 heterocycles. The van der Waals surface area contributed by atoms with Gasteiger partial charge in [0.2, 0.25) is 5.91 Å². The zero-order chi connectivity index (χ0) is 22.1. The number of rotatable bonds is 5. The SMILES string of the molecule is COC(C)c1nc2cc(C(=O)O)ccc2n1-c1cccc(C2CCN(C(C)=O)CC2)c1. The highest BCUT2D eigenvalue weighted by atomic mass is 16.5. The topological polar surface area (TPSA) is 84.7 Å². The summed E-state index contributed by atoms with van der Waals surface area (Å²) in [6.07, 6.45) is 1.62. The molecule has 1 saturated heterocycles. The number of imidazole rings is 1. The lowest BCUT2D eigenvalue weighted by Crippen LogP contribution is -2.36. The van der Waals surface area contributed by atoms with Crippen molar-refractivity contribution in [2.45, 2.75) is 38.7 Å². The van der Waals surface area contributed by atoms with Crippen LogP contribution >= 0.6 is 0 Å². The van der Waals surface area contributed by atoms with Gasteiger partial charge in [-0.25, -0.2) is 9.78 Å². The van der Waals surface area contributed by atoms with E-state index in [1.807, 2.05) is 28.5 Å². The molecule has 0 radical (unpaired) electrons. The van der Waals surface area contributed by atoms with Crippen LogP contribution in [-0.4, -0.2) is 51.6 Å². The van der Waals surface area contributed by atoms with Crippen LogP contribution in [0.2, 0.25) is 0 Å². The fourth-order valence-corrected chi connectivity index (χ4v) is 4.33. The minimum atomic E-state index is -0.975. The maximum Gasteiger partial charge on any atom is 0.335 e. The van der Waals surface area contributed by atoms with E-state index in [2.05, 4.69) is 12.1 Å². The predicted molar refractivity (Wildman–Crippen MR) is 118 cm³/mol. The Morgan fingerprint density at radius 2 is 1.90 bits per heavy atom. The fourth-order valence-electron chi connectivity index (χ4n) is 4.33. The molecule has 0 saturated carbocycles. The van der Waals surface area contributed by atoms with Gasteiger partial charge < -0.3 is 14.7 Å². The summed E-state index contributed by atoms with van der Waals surface area (Å²) in [5.41, 5.74) is 3.88. The molecule has 4 rings (SSSR count). The highest BCUT2D eigenvalue weighted by Gasteiger charge is 2.23. The molecule has 1 aliphatic rings. The molecule has 1 amide bonds. The number of carboxylic acids is 1. The molecule has 162 valence electrons. The van der Waals surface area contributed by atoms with Crippen LogP contribution in [-0.2, 0) is 9.53 Å². The summed E-state index contributed by atoms with van der Waals surface area (Å²) in [7, 11) is 1.64. The van der Waals surface area contributed by atoms with Gasteiger partial charge in [0.1, 0.15) is 11.9 Å². The molecule has 1 N–H and O–H groups in total. The zero-order valence-electron chi connectivity index (χ0n) is 18.0. The van der Waals surface area contributed by atoms with Crippen molar-refractivity contribution in [3.05, 3.63) is 59.4 Å². The van der Waals surface area contributed by atoms with Gasteiger partial charge in [-0.05, 0) is 61.6 Å². The Balaban J connectivity index is 1.75. The van der Waals surface area contributed by atoms with Crippen molar-refractivity contribution in [2.24, 2.45) is 0 Å². The first-order valence-corrected chi connectivity index (χ1v) is 10.5. The standard InChI is InChI=1S/C24H27N3O4/c1-15(31-3)23-25-21-14-19(24(29)30)7-8-22(21)27(23)20-6-4-5-18(13-20)17-9-11-26(12-10-17)16(2)28/h4-8,13-15,17H,9-12H2,1-3H3,(H,29,30). The summed E-state index contributed by atoms with van der Waals surface area (Å²) < 4.78 is 7.59. The lowest BCUT2D eigenvalue weighted by molar-refractivity contribution is -0.129. The number of hydrogen-bond donors (Lipinski definition) is 1. The van der Waals surface area contributed by atoms with Crippen molar-refractivity contribution < 1.29 is 19.4 Å². The van der Waals surface area contributed by atoms with Crippen LogP contribution in [0.15, 0.2) is 42.5 Å². The Kier molecular flexibility index (Phi) is 5.78. The number of carbonyl (C=O) groups is 2. The van der Waals surface area contributed by atoms with Gasteiger partial charge >= 0.3 is 5.97 Å². The van der Waals surface area contributed by atoms with Crippen LogP contribution in [0.4, 0.5) is 0 Å². The lowest BCUT2D eigenvalue weighted by atomic mass is 9.89. The van der Waals surface area contributed by atoms with Gasteiger partial charge in [0.05, 0.1) is 16.6 Å². The molecule has 31 heavy (non-hydrogen) atoms. The van der Waals surface area contributed by atoms with Gasteiger partial charge in [0.15, 0.2) is 0 Å². The summed E-state index contributed by atoms with van der Waals surface area (Å²) in [5, 5.41) is 9.34. The van der Waals surface area contributed by atoms with Crippen LogP contribution in [0.5, 0.6) is 0 Å². The Hall–Kier alpha value is -3.19. The second-order valence-electron chi connectivity index (χ2n) is 8.07. The van der Waals surface area contributed by atoms with Crippen molar-refractivity contribution in [2.75, 3.05) is 20.2 Å². The summed E-state index contributed by atoms with van der Waals surface area (Å²) >= 11 is 0. The quantitative estimate of drug-likeness (QED) is 0.669. The normalized spacial score (nSPS) is 15.9. The van der Waals surface area contributed by atoms with Crippen LogP contribution < -0.4 is 0 Å². The first-order chi connectivity index (χ1) is 14.9. The minimum absolute atomic E-state index is 0.135. The second-order valence-corrected chi connectivity index (χ2v) is 8.07. The zero-order valence-corrected chi connectivity index (χ0v) is 18.0. The summed E-state index contributed by atoms with van der Waals surface area (Å²) in [4.78, 5) is 29.6. The number of nitrogens with zero attached hydrogens (tertiary/aromatic N) is 3. The smallest absolute Gasteiger partial charge is 0.335 e. The summed E-state index contributed by atoms with van der Waals surface area (Å²) in [6.45, 7) is 5.11. The van der Waals surface area contributed by atoms with Crippen LogP contribution in [0.3, 0.4) is 0 Å². The van der Waals surface area contributed by atoms with Gasteiger partial charge in [-0.1, -0.05) is 12.1 Å². The highest BCUT2D eigenvalue weighted by molar-refractivity contribution is 5.93. The van der Waals surface area contributed by atoms with E-state index in [-0.39, 0.29) is 17.6 Å². The number of ether oxygens (including phenoxy) is 1. The van der Waals surface area contributed by atoms with Crippen LogP contribution in [0, 0.1) is 0 Å². The van der Waals surface area contributed by atoms with Crippen LogP contribution in [0.1, 0.15) is 60.5 Å². The molecule has 3 aromatic rings. The third-order valence-electron chi connectivity index (χ3n) is 6.18. The van der Waals surface area contributed by atoms with Gasteiger partial charge in [-0.15, -0.1) is 0 Å². The number of likely N-dealkylation sites (tertiary alicyclic amines) is 1. The van der Waals surface area contributed by atoms with Crippen molar-refractivity contribution in [1.82, 2.24) is 14.5 Å². The molecule has 1 aliphatic heterocycles. The number of aromatic nitrogens is 2. The monoisotopic (exact) mass is 421 g/mol. The number of benzene rings is 2. The number of hydrogen-bond acceptors (Lipinski definition) is 4. The number of methoxy groups -OCH3 is 1. The largest absolute Gasteiger partial charge is 0.478 e. The van der Waals surface area contributed by atoms with E-state index in [1.165, 1.54) is 5.56 Å². The van der Waals surface area contributed by atoms with E-state index in [0.717, 1.165) is 43.0 Å². The molecular formula is C24H27N3O4. The minimum Gasteiger partial charge on any atom is -0.478 e. The summed E-state index contributed by atoms with van der Waals surface area (Å²) in [6, 6.07) is 13.4. The van der Waals surface area contributed by atoms with Gasteiger partial charge in [-0.2, -0.15) is 0 Å². The first kappa shape index (κ1) is 21.1. The van der Waals surface area contributed by atoms with Crippen molar-refractivity contribution in [3.63, 3.8) is 0 Å². The van der Waals surface area contributed by atoms with E-state index in [0.29, 0.717) is 11.4 Å². The molecule has 1 unspecified atom stereocenters. The molecule has 1 fully saturated rings. The van der Waals surface area contributed by atoms with E-state index in [1.54, 1.807) is 32.2 Å². The average Bonchev–Trinajstić information content (AvgIpc) is 3.17. The van der Waals surface area contributed by atoms with E-state index < -0.39 is 5.97 Å². The first-order valence-electron chi connectivity index (χ1n) is 10.5. The molecule has 0 aliphatic carbocycles. The number of piperidine rings is 1. The lowest BCUT2D eigenvalue weighted by Gasteiger charge is -2.31. The fraction of sp³-hybridized carbons (Fsp3) is 0.375. The molecule has 1 aromatic heterocycles. The van der Waals surface area contributed by atoms with E-state index in [4.69, 9.17) is 9.72 Å². The highest BCUT2D eigenvalue weighted by Crippen LogP contribution is 2.32. The molecule has 2 aromatic carbocycles. The number of amides is 1. The predicted octanol–water partition coefficient (Wildman–Crippen LogP) is 4.16. The maximum absolute atomic E-state index is 11.6.